The summed E-state index contributed by atoms with van der Waals surface area (Å²) in [6, 6.07) is 20.9. The molecule has 2 nitrogen and oxygen atoms in total. The summed E-state index contributed by atoms with van der Waals surface area (Å²) in [6.07, 6.45) is 1.37. The lowest BCUT2D eigenvalue weighted by molar-refractivity contribution is 0.0456. The molecule has 2 heteroatoms. The topological polar surface area (TPSA) is 12.5 Å². The molecular weight excluding hydrogens is 246 g/mol. The molecule has 2 aromatic rings. The fourth-order valence-corrected chi connectivity index (χ4v) is 2.55. The van der Waals surface area contributed by atoms with Crippen LogP contribution in [0.25, 0.3) is 0 Å². The summed E-state index contributed by atoms with van der Waals surface area (Å²) in [7, 11) is 0. The predicted octanol–water partition coefficient (Wildman–Crippen LogP) is 3.50. The number of hydrogen-bond donors (Lipinski definition) is 0. The van der Waals surface area contributed by atoms with E-state index in [2.05, 4.69) is 53.4 Å². The summed E-state index contributed by atoms with van der Waals surface area (Å²) in [5.41, 5.74) is 2.45. The number of likely N-dealkylation sites (tertiary alicyclic amines) is 1. The van der Waals surface area contributed by atoms with Crippen molar-refractivity contribution in [2.24, 2.45) is 0 Å². The van der Waals surface area contributed by atoms with Crippen molar-refractivity contribution < 1.29 is 4.74 Å². The molecule has 0 spiro atoms. The van der Waals surface area contributed by atoms with Crippen LogP contribution < -0.4 is 0 Å². The van der Waals surface area contributed by atoms with E-state index in [0.29, 0.717) is 0 Å². The van der Waals surface area contributed by atoms with E-state index in [1.54, 1.807) is 0 Å². The number of benzene rings is 2. The minimum Gasteiger partial charge on any atom is -0.367 e. The highest BCUT2D eigenvalue weighted by atomic mass is 16.5. The highest BCUT2D eigenvalue weighted by Crippen LogP contribution is 2.25. The fraction of sp³-hybridized carbons (Fsp3) is 0.333. The summed E-state index contributed by atoms with van der Waals surface area (Å²) in [5, 5.41) is 0. The number of ether oxygens (including phenoxy) is 1. The van der Waals surface area contributed by atoms with Crippen molar-refractivity contribution in [3.8, 4) is 0 Å². The third-order valence-corrected chi connectivity index (χ3v) is 3.85. The summed E-state index contributed by atoms with van der Waals surface area (Å²) in [4.78, 5) is 2.44. The van der Waals surface area contributed by atoms with E-state index in [1.807, 2.05) is 12.1 Å². The van der Waals surface area contributed by atoms with E-state index in [1.165, 1.54) is 30.6 Å². The van der Waals surface area contributed by atoms with Gasteiger partial charge in [-0.2, -0.15) is 0 Å². The first-order valence-electron chi connectivity index (χ1n) is 7.37. The van der Waals surface area contributed by atoms with Gasteiger partial charge in [0.05, 0.1) is 6.61 Å². The number of hydrogen-bond acceptors (Lipinski definition) is 2. The highest BCUT2D eigenvalue weighted by Gasteiger charge is 2.17. The predicted molar refractivity (Wildman–Crippen MR) is 81.7 cm³/mol. The van der Waals surface area contributed by atoms with E-state index in [0.717, 1.165) is 13.2 Å². The van der Waals surface area contributed by atoms with Crippen LogP contribution in [0.2, 0.25) is 0 Å². The molecule has 0 saturated carbocycles. The lowest BCUT2D eigenvalue weighted by Crippen LogP contribution is -2.39. The third-order valence-electron chi connectivity index (χ3n) is 3.85. The Morgan fingerprint density at radius 2 is 1.40 bits per heavy atom. The Balaban J connectivity index is 1.70. The summed E-state index contributed by atoms with van der Waals surface area (Å²) < 4.78 is 6.18. The second kappa shape index (κ2) is 6.69. The standard InChI is InChI=1S/C18H21NO/c1-3-8-16(9-4-1)18(17-10-5-2-6-11-17)20-15-14-19-12-7-13-19/h1-6,8-11,18H,7,12-15H2. The van der Waals surface area contributed by atoms with Crippen LogP contribution in [0, 0.1) is 0 Å². The van der Waals surface area contributed by atoms with Crippen molar-refractivity contribution in [3.63, 3.8) is 0 Å². The van der Waals surface area contributed by atoms with Crippen LogP contribution in [0.15, 0.2) is 60.7 Å². The van der Waals surface area contributed by atoms with Crippen LogP contribution in [0.4, 0.5) is 0 Å². The van der Waals surface area contributed by atoms with Crippen LogP contribution in [0.5, 0.6) is 0 Å². The normalized spacial score (nSPS) is 15.2. The monoisotopic (exact) mass is 267 g/mol. The highest BCUT2D eigenvalue weighted by molar-refractivity contribution is 5.29. The Kier molecular flexibility index (Phi) is 4.46. The quantitative estimate of drug-likeness (QED) is 0.794. The molecule has 1 heterocycles. The van der Waals surface area contributed by atoms with Crippen molar-refractivity contribution in [1.82, 2.24) is 4.90 Å². The maximum atomic E-state index is 6.18. The molecule has 104 valence electrons. The molecule has 0 aromatic heterocycles. The van der Waals surface area contributed by atoms with Gasteiger partial charge < -0.3 is 9.64 Å². The Morgan fingerprint density at radius 3 is 1.85 bits per heavy atom. The van der Waals surface area contributed by atoms with Gasteiger partial charge in [0, 0.05) is 6.54 Å². The number of rotatable bonds is 6. The van der Waals surface area contributed by atoms with Crippen LogP contribution in [-0.4, -0.2) is 31.1 Å². The van der Waals surface area contributed by atoms with Crippen molar-refractivity contribution in [3.05, 3.63) is 71.8 Å². The molecule has 0 radical (unpaired) electrons. The third kappa shape index (κ3) is 3.27. The van der Waals surface area contributed by atoms with Gasteiger partial charge in [0.1, 0.15) is 6.10 Å². The van der Waals surface area contributed by atoms with E-state index >= 15 is 0 Å². The van der Waals surface area contributed by atoms with Crippen molar-refractivity contribution in [2.45, 2.75) is 12.5 Å². The van der Waals surface area contributed by atoms with Gasteiger partial charge in [0.2, 0.25) is 0 Å². The molecule has 1 aliphatic heterocycles. The molecular formula is C18H21NO. The maximum Gasteiger partial charge on any atom is 0.108 e. The molecule has 0 bridgehead atoms. The summed E-state index contributed by atoms with van der Waals surface area (Å²) in [5.74, 6) is 0. The van der Waals surface area contributed by atoms with Crippen molar-refractivity contribution >= 4 is 0 Å². The number of nitrogens with zero attached hydrogens (tertiary/aromatic N) is 1. The molecule has 1 aliphatic rings. The van der Waals surface area contributed by atoms with E-state index < -0.39 is 0 Å². The van der Waals surface area contributed by atoms with Crippen LogP contribution in [-0.2, 0) is 4.74 Å². The summed E-state index contributed by atoms with van der Waals surface area (Å²) in [6.45, 7) is 4.28. The minimum atomic E-state index is 0.0404. The molecule has 0 atom stereocenters. The van der Waals surface area contributed by atoms with E-state index in [-0.39, 0.29) is 6.10 Å². The van der Waals surface area contributed by atoms with E-state index in [4.69, 9.17) is 4.74 Å². The zero-order valence-electron chi connectivity index (χ0n) is 11.7. The second-order valence-electron chi connectivity index (χ2n) is 5.27. The molecule has 1 fully saturated rings. The fourth-order valence-electron chi connectivity index (χ4n) is 2.55. The lowest BCUT2D eigenvalue weighted by Gasteiger charge is -2.31. The molecule has 0 aliphatic carbocycles. The van der Waals surface area contributed by atoms with Crippen LogP contribution in [0.1, 0.15) is 23.7 Å². The van der Waals surface area contributed by atoms with Gasteiger partial charge in [0.25, 0.3) is 0 Å². The second-order valence-corrected chi connectivity index (χ2v) is 5.27. The Bertz CT molecular complexity index is 468. The molecule has 3 rings (SSSR count). The maximum absolute atomic E-state index is 6.18. The molecule has 0 amide bonds. The first-order chi connectivity index (χ1) is 9.93. The first kappa shape index (κ1) is 13.3. The SMILES string of the molecule is c1ccc(C(OCCN2CCC2)c2ccccc2)cc1. The molecule has 0 N–H and O–H groups in total. The van der Waals surface area contributed by atoms with Crippen LogP contribution in [0.3, 0.4) is 0 Å². The average molecular weight is 267 g/mol. The molecule has 0 unspecified atom stereocenters. The molecule has 1 saturated heterocycles. The summed E-state index contributed by atoms with van der Waals surface area (Å²) >= 11 is 0. The molecule has 20 heavy (non-hydrogen) atoms. The zero-order chi connectivity index (χ0) is 13.6. The van der Waals surface area contributed by atoms with Gasteiger partial charge in [-0.3, -0.25) is 0 Å². The van der Waals surface area contributed by atoms with Gasteiger partial charge in [0.15, 0.2) is 0 Å². The Labute approximate surface area is 121 Å². The average Bonchev–Trinajstić information content (AvgIpc) is 2.47. The van der Waals surface area contributed by atoms with Gasteiger partial charge >= 0.3 is 0 Å². The Morgan fingerprint density at radius 1 is 0.850 bits per heavy atom. The molecule has 2 aromatic carbocycles. The smallest absolute Gasteiger partial charge is 0.108 e. The zero-order valence-corrected chi connectivity index (χ0v) is 11.7. The Hall–Kier alpha value is -1.64. The van der Waals surface area contributed by atoms with Crippen molar-refractivity contribution in [2.75, 3.05) is 26.2 Å². The van der Waals surface area contributed by atoms with Gasteiger partial charge in [-0.05, 0) is 30.6 Å². The largest absolute Gasteiger partial charge is 0.367 e. The van der Waals surface area contributed by atoms with Crippen molar-refractivity contribution in [1.29, 1.82) is 0 Å². The van der Waals surface area contributed by atoms with E-state index in [9.17, 15) is 0 Å². The van der Waals surface area contributed by atoms with Gasteiger partial charge in [-0.25, -0.2) is 0 Å². The van der Waals surface area contributed by atoms with Gasteiger partial charge in [-0.15, -0.1) is 0 Å². The van der Waals surface area contributed by atoms with Gasteiger partial charge in [-0.1, -0.05) is 60.7 Å². The first-order valence-corrected chi connectivity index (χ1v) is 7.37. The lowest BCUT2D eigenvalue weighted by atomic mass is 10.0. The van der Waals surface area contributed by atoms with Crippen LogP contribution >= 0.6 is 0 Å². The minimum absolute atomic E-state index is 0.0404.